The van der Waals surface area contributed by atoms with Gasteiger partial charge in [0.2, 0.25) is 6.79 Å². The van der Waals surface area contributed by atoms with Crippen LogP contribution in [0.2, 0.25) is 0 Å². The van der Waals surface area contributed by atoms with Crippen LogP contribution in [0.15, 0.2) is 18.2 Å². The highest BCUT2D eigenvalue weighted by molar-refractivity contribution is 5.44. The molecule has 0 unspecified atom stereocenters. The fraction of sp³-hybridized carbons (Fsp3) is 0.571. The lowest BCUT2D eigenvalue weighted by atomic mass is 10.1. The third kappa shape index (κ3) is 2.83. The molecular weight excluding hydrogens is 248 g/mol. The Bertz CT molecular complexity index is 434. The first-order chi connectivity index (χ1) is 9.36. The molecule has 1 saturated heterocycles. The number of aliphatic hydroxyl groups is 1. The maximum absolute atomic E-state index is 8.76. The molecule has 0 aliphatic carbocycles. The molecule has 2 aliphatic heterocycles. The van der Waals surface area contributed by atoms with Gasteiger partial charge in [-0.15, -0.1) is 0 Å². The summed E-state index contributed by atoms with van der Waals surface area (Å²) in [6.45, 7) is 1.11. The van der Waals surface area contributed by atoms with Crippen LogP contribution in [-0.2, 0) is 9.47 Å². The zero-order valence-electron chi connectivity index (χ0n) is 10.7. The van der Waals surface area contributed by atoms with E-state index in [2.05, 4.69) is 0 Å². The van der Waals surface area contributed by atoms with E-state index in [4.69, 9.17) is 24.1 Å². The van der Waals surface area contributed by atoms with Crippen molar-refractivity contribution in [3.63, 3.8) is 0 Å². The van der Waals surface area contributed by atoms with E-state index in [1.807, 2.05) is 18.2 Å². The largest absolute Gasteiger partial charge is 0.454 e. The topological polar surface area (TPSA) is 57.2 Å². The van der Waals surface area contributed by atoms with Crippen LogP contribution in [0, 0.1) is 0 Å². The molecule has 1 aromatic rings. The molecule has 0 amide bonds. The van der Waals surface area contributed by atoms with Crippen LogP contribution in [0.4, 0.5) is 0 Å². The average Bonchev–Trinajstić information content (AvgIpc) is 3.06. The molecule has 1 fully saturated rings. The van der Waals surface area contributed by atoms with Crippen molar-refractivity contribution in [2.45, 2.75) is 31.7 Å². The Morgan fingerprint density at radius 1 is 1.16 bits per heavy atom. The minimum absolute atomic E-state index is 0.113. The summed E-state index contributed by atoms with van der Waals surface area (Å²) in [5.74, 6) is 1.51. The van der Waals surface area contributed by atoms with Gasteiger partial charge in [-0.3, -0.25) is 0 Å². The predicted octanol–water partition coefficient (Wildman–Crippen LogP) is 1.99. The highest BCUT2D eigenvalue weighted by Crippen LogP contribution is 2.37. The van der Waals surface area contributed by atoms with Crippen LogP contribution in [0.5, 0.6) is 11.5 Å². The molecule has 0 bridgehead atoms. The maximum atomic E-state index is 8.76. The highest BCUT2D eigenvalue weighted by Gasteiger charge is 2.28. The van der Waals surface area contributed by atoms with E-state index < -0.39 is 0 Å². The highest BCUT2D eigenvalue weighted by atomic mass is 16.7. The fourth-order valence-corrected chi connectivity index (χ4v) is 2.32. The van der Waals surface area contributed by atoms with Crippen molar-refractivity contribution in [1.82, 2.24) is 0 Å². The van der Waals surface area contributed by atoms with E-state index in [0.717, 1.165) is 36.3 Å². The summed E-state index contributed by atoms with van der Waals surface area (Å²) < 4.78 is 22.1. The Morgan fingerprint density at radius 3 is 2.95 bits per heavy atom. The second kappa shape index (κ2) is 5.77. The van der Waals surface area contributed by atoms with Crippen LogP contribution in [0.3, 0.4) is 0 Å². The molecule has 0 saturated carbocycles. The van der Waals surface area contributed by atoms with Crippen LogP contribution in [0.25, 0.3) is 0 Å². The molecule has 104 valence electrons. The van der Waals surface area contributed by atoms with Gasteiger partial charge >= 0.3 is 0 Å². The first kappa shape index (κ1) is 12.7. The minimum atomic E-state index is -0.325. The number of benzene rings is 1. The molecule has 0 aromatic heterocycles. The Morgan fingerprint density at radius 2 is 2.05 bits per heavy atom. The fourth-order valence-electron chi connectivity index (χ4n) is 2.32. The van der Waals surface area contributed by atoms with Gasteiger partial charge in [-0.1, -0.05) is 0 Å². The minimum Gasteiger partial charge on any atom is -0.454 e. The van der Waals surface area contributed by atoms with Gasteiger partial charge in [-0.2, -0.15) is 0 Å². The van der Waals surface area contributed by atoms with E-state index in [1.165, 1.54) is 0 Å². The molecule has 0 radical (unpaired) electrons. The van der Waals surface area contributed by atoms with Crippen LogP contribution < -0.4 is 9.47 Å². The maximum Gasteiger partial charge on any atom is 0.231 e. The smallest absolute Gasteiger partial charge is 0.231 e. The Hall–Kier alpha value is -1.30. The lowest BCUT2D eigenvalue weighted by Gasteiger charge is -2.12. The number of aliphatic hydroxyl groups excluding tert-OH is 1. The van der Waals surface area contributed by atoms with Crippen LogP contribution in [0.1, 0.15) is 31.1 Å². The lowest BCUT2D eigenvalue weighted by Crippen LogP contribution is -2.09. The third-order valence-corrected chi connectivity index (χ3v) is 3.35. The van der Waals surface area contributed by atoms with Gasteiger partial charge in [-0.05, 0) is 37.5 Å². The SMILES string of the molecule is OCCCC[C@H]1CO[C@H](c2ccc3c(c2)OCO3)O1. The summed E-state index contributed by atoms with van der Waals surface area (Å²) in [4.78, 5) is 0. The van der Waals surface area contributed by atoms with Crippen molar-refractivity contribution < 1.29 is 24.1 Å². The summed E-state index contributed by atoms with van der Waals surface area (Å²) in [7, 11) is 0. The molecular formula is C14H18O5. The number of fused-ring (bicyclic) bond motifs is 1. The van der Waals surface area contributed by atoms with Crippen molar-refractivity contribution >= 4 is 0 Å². The van der Waals surface area contributed by atoms with Crippen LogP contribution >= 0.6 is 0 Å². The van der Waals surface area contributed by atoms with E-state index in [1.54, 1.807) is 0 Å². The van der Waals surface area contributed by atoms with Crippen molar-refractivity contribution in [2.24, 2.45) is 0 Å². The summed E-state index contributed by atoms with van der Waals surface area (Å²) >= 11 is 0. The predicted molar refractivity (Wildman–Crippen MR) is 67.1 cm³/mol. The molecule has 1 N–H and O–H groups in total. The van der Waals surface area contributed by atoms with Gasteiger partial charge in [0.05, 0.1) is 12.7 Å². The Balaban J connectivity index is 1.58. The van der Waals surface area contributed by atoms with Crippen molar-refractivity contribution in [1.29, 1.82) is 0 Å². The van der Waals surface area contributed by atoms with Crippen molar-refractivity contribution in [3.05, 3.63) is 23.8 Å². The average molecular weight is 266 g/mol. The normalized spacial score (nSPS) is 24.9. The van der Waals surface area contributed by atoms with Gasteiger partial charge in [0.15, 0.2) is 17.8 Å². The summed E-state index contributed by atoms with van der Waals surface area (Å²) in [5.41, 5.74) is 0.953. The first-order valence-corrected chi connectivity index (χ1v) is 6.64. The molecule has 2 atom stereocenters. The number of hydrogen-bond acceptors (Lipinski definition) is 5. The van der Waals surface area contributed by atoms with Gasteiger partial charge < -0.3 is 24.1 Å². The molecule has 2 heterocycles. The van der Waals surface area contributed by atoms with E-state index in [-0.39, 0.29) is 25.8 Å². The summed E-state index contributed by atoms with van der Waals surface area (Å²) in [5, 5.41) is 8.76. The number of hydrogen-bond donors (Lipinski definition) is 1. The van der Waals surface area contributed by atoms with E-state index in [9.17, 15) is 0 Å². The summed E-state index contributed by atoms with van der Waals surface area (Å²) in [6, 6.07) is 5.72. The second-order valence-corrected chi connectivity index (χ2v) is 4.76. The lowest BCUT2D eigenvalue weighted by molar-refractivity contribution is -0.0615. The second-order valence-electron chi connectivity index (χ2n) is 4.76. The molecule has 0 spiro atoms. The standard InChI is InChI=1S/C14H18O5/c15-6-2-1-3-11-8-16-14(19-11)10-4-5-12-13(7-10)18-9-17-12/h4-5,7,11,14-15H,1-3,6,8-9H2/t11-,14-/m0/s1. The molecule has 5 nitrogen and oxygen atoms in total. The molecule has 2 aliphatic rings. The van der Waals surface area contributed by atoms with Crippen molar-refractivity contribution in [3.8, 4) is 11.5 Å². The van der Waals surface area contributed by atoms with Gasteiger partial charge in [0, 0.05) is 12.2 Å². The number of unbranched alkanes of at least 4 members (excludes halogenated alkanes) is 1. The molecule has 3 rings (SSSR count). The van der Waals surface area contributed by atoms with Gasteiger partial charge in [-0.25, -0.2) is 0 Å². The van der Waals surface area contributed by atoms with Crippen molar-refractivity contribution in [2.75, 3.05) is 20.0 Å². The van der Waals surface area contributed by atoms with Gasteiger partial charge in [0.25, 0.3) is 0 Å². The molecule has 5 heteroatoms. The zero-order valence-corrected chi connectivity index (χ0v) is 10.7. The number of rotatable bonds is 5. The quantitative estimate of drug-likeness (QED) is 0.826. The zero-order chi connectivity index (χ0) is 13.1. The first-order valence-electron chi connectivity index (χ1n) is 6.64. The monoisotopic (exact) mass is 266 g/mol. The van der Waals surface area contributed by atoms with E-state index >= 15 is 0 Å². The van der Waals surface area contributed by atoms with E-state index in [0.29, 0.717) is 6.61 Å². The summed E-state index contributed by atoms with van der Waals surface area (Å²) in [6.07, 6.45) is 2.48. The third-order valence-electron chi connectivity index (χ3n) is 3.35. The molecule has 19 heavy (non-hydrogen) atoms. The Kier molecular flexibility index (Phi) is 3.87. The number of ether oxygens (including phenoxy) is 4. The molecule has 1 aromatic carbocycles. The van der Waals surface area contributed by atoms with Gasteiger partial charge in [0.1, 0.15) is 0 Å². The van der Waals surface area contributed by atoms with Crippen LogP contribution in [-0.4, -0.2) is 31.2 Å². The Labute approximate surface area is 112 Å².